The van der Waals surface area contributed by atoms with E-state index in [1.54, 1.807) is 0 Å². The molecule has 1 N–H and O–H groups in total. The molecule has 16 heavy (non-hydrogen) atoms. The fourth-order valence-electron chi connectivity index (χ4n) is 1.23. The standard InChI is InChI=1S/C14H22O2/c1-10-6-7-12(8-11(10)2)16-9-13(15)14(3,4)5/h6-8,13,15H,9H2,1-5H3. The molecule has 0 saturated carbocycles. The number of aliphatic hydroxyl groups excluding tert-OH is 1. The van der Waals surface area contributed by atoms with E-state index in [0.717, 1.165) is 5.75 Å². The molecule has 1 aromatic rings. The number of hydrogen-bond donors (Lipinski definition) is 1. The van der Waals surface area contributed by atoms with Crippen molar-refractivity contribution in [3.8, 4) is 5.75 Å². The second-order valence-corrected chi connectivity index (χ2v) is 5.44. The summed E-state index contributed by atoms with van der Waals surface area (Å²) in [5.74, 6) is 0.825. The maximum atomic E-state index is 9.85. The molecule has 0 saturated heterocycles. The number of rotatable bonds is 3. The SMILES string of the molecule is Cc1ccc(OCC(O)C(C)(C)C)cc1C. The van der Waals surface area contributed by atoms with Gasteiger partial charge in [0.25, 0.3) is 0 Å². The summed E-state index contributed by atoms with van der Waals surface area (Å²) in [5, 5.41) is 9.85. The number of benzene rings is 1. The van der Waals surface area contributed by atoms with E-state index < -0.39 is 6.10 Å². The second kappa shape index (κ2) is 4.88. The van der Waals surface area contributed by atoms with Crippen molar-refractivity contribution in [2.24, 2.45) is 5.41 Å². The predicted molar refractivity (Wildman–Crippen MR) is 66.9 cm³/mol. The quantitative estimate of drug-likeness (QED) is 0.851. The molecule has 0 spiro atoms. The van der Waals surface area contributed by atoms with E-state index in [2.05, 4.69) is 13.8 Å². The summed E-state index contributed by atoms with van der Waals surface area (Å²) in [6.45, 7) is 10.5. The Morgan fingerprint density at radius 2 is 1.81 bits per heavy atom. The third-order valence-corrected chi connectivity index (χ3v) is 2.89. The van der Waals surface area contributed by atoms with Crippen molar-refractivity contribution in [2.45, 2.75) is 40.7 Å². The Labute approximate surface area is 98.3 Å². The first-order valence-electron chi connectivity index (χ1n) is 5.69. The summed E-state index contributed by atoms with van der Waals surface area (Å²) < 4.78 is 5.58. The third kappa shape index (κ3) is 3.53. The molecule has 2 nitrogen and oxygen atoms in total. The van der Waals surface area contributed by atoms with Gasteiger partial charge in [-0.05, 0) is 42.5 Å². The number of hydrogen-bond acceptors (Lipinski definition) is 2. The highest BCUT2D eigenvalue weighted by atomic mass is 16.5. The van der Waals surface area contributed by atoms with Crippen molar-refractivity contribution in [3.63, 3.8) is 0 Å². The Hall–Kier alpha value is -1.02. The Balaban J connectivity index is 2.58. The molecule has 0 aliphatic carbocycles. The molecular formula is C14H22O2. The van der Waals surface area contributed by atoms with Gasteiger partial charge in [0.2, 0.25) is 0 Å². The molecule has 1 unspecified atom stereocenters. The lowest BCUT2D eigenvalue weighted by Gasteiger charge is -2.25. The molecular weight excluding hydrogens is 200 g/mol. The van der Waals surface area contributed by atoms with Crippen LogP contribution >= 0.6 is 0 Å². The van der Waals surface area contributed by atoms with Crippen molar-refractivity contribution < 1.29 is 9.84 Å². The highest BCUT2D eigenvalue weighted by molar-refractivity contribution is 5.33. The zero-order valence-electron chi connectivity index (χ0n) is 10.9. The first-order chi connectivity index (χ1) is 7.30. The van der Waals surface area contributed by atoms with Crippen LogP contribution in [0.1, 0.15) is 31.9 Å². The normalized spacial score (nSPS) is 13.6. The topological polar surface area (TPSA) is 29.5 Å². The molecule has 1 atom stereocenters. The van der Waals surface area contributed by atoms with E-state index in [1.807, 2.05) is 39.0 Å². The average Bonchev–Trinajstić information content (AvgIpc) is 2.18. The molecule has 0 aliphatic heterocycles. The lowest BCUT2D eigenvalue weighted by molar-refractivity contribution is 0.0218. The zero-order valence-corrected chi connectivity index (χ0v) is 10.9. The van der Waals surface area contributed by atoms with Crippen LogP contribution in [0.2, 0.25) is 0 Å². The summed E-state index contributed by atoms with van der Waals surface area (Å²) in [4.78, 5) is 0. The first kappa shape index (κ1) is 13.0. The highest BCUT2D eigenvalue weighted by Gasteiger charge is 2.22. The average molecular weight is 222 g/mol. The third-order valence-electron chi connectivity index (χ3n) is 2.89. The second-order valence-electron chi connectivity index (χ2n) is 5.44. The molecule has 2 heteroatoms. The Morgan fingerprint density at radius 1 is 1.19 bits per heavy atom. The van der Waals surface area contributed by atoms with Gasteiger partial charge in [-0.15, -0.1) is 0 Å². The maximum Gasteiger partial charge on any atom is 0.119 e. The van der Waals surface area contributed by atoms with E-state index in [4.69, 9.17) is 4.74 Å². The van der Waals surface area contributed by atoms with Crippen LogP contribution in [0.5, 0.6) is 5.75 Å². The molecule has 0 aliphatic rings. The minimum Gasteiger partial charge on any atom is -0.491 e. The van der Waals surface area contributed by atoms with Gasteiger partial charge in [0, 0.05) is 0 Å². The molecule has 1 aromatic carbocycles. The van der Waals surface area contributed by atoms with Crippen LogP contribution in [0.25, 0.3) is 0 Å². The summed E-state index contributed by atoms with van der Waals surface area (Å²) in [5.41, 5.74) is 2.33. The van der Waals surface area contributed by atoms with Crippen molar-refractivity contribution in [1.29, 1.82) is 0 Å². The van der Waals surface area contributed by atoms with Gasteiger partial charge in [-0.2, -0.15) is 0 Å². The Bertz CT molecular complexity index is 350. The lowest BCUT2D eigenvalue weighted by atomic mass is 9.90. The van der Waals surface area contributed by atoms with Crippen LogP contribution in [0.3, 0.4) is 0 Å². The van der Waals surface area contributed by atoms with E-state index in [9.17, 15) is 5.11 Å². The monoisotopic (exact) mass is 222 g/mol. The zero-order chi connectivity index (χ0) is 12.3. The predicted octanol–water partition coefficient (Wildman–Crippen LogP) is 3.09. The number of aryl methyl sites for hydroxylation is 2. The first-order valence-corrected chi connectivity index (χ1v) is 5.69. The summed E-state index contributed by atoms with van der Waals surface area (Å²) in [7, 11) is 0. The fraction of sp³-hybridized carbons (Fsp3) is 0.571. The van der Waals surface area contributed by atoms with E-state index in [-0.39, 0.29) is 5.41 Å². The van der Waals surface area contributed by atoms with Crippen molar-refractivity contribution >= 4 is 0 Å². The number of aliphatic hydroxyl groups is 1. The highest BCUT2D eigenvalue weighted by Crippen LogP contribution is 2.21. The van der Waals surface area contributed by atoms with Crippen LogP contribution < -0.4 is 4.74 Å². The molecule has 0 aromatic heterocycles. The van der Waals surface area contributed by atoms with Crippen LogP contribution in [-0.2, 0) is 0 Å². The van der Waals surface area contributed by atoms with Crippen LogP contribution in [0.15, 0.2) is 18.2 Å². The molecule has 0 bridgehead atoms. The van der Waals surface area contributed by atoms with Crippen LogP contribution in [-0.4, -0.2) is 17.8 Å². The lowest BCUT2D eigenvalue weighted by Crippen LogP contribution is -2.31. The van der Waals surface area contributed by atoms with Gasteiger partial charge in [0.15, 0.2) is 0 Å². The molecule has 0 radical (unpaired) electrons. The minimum absolute atomic E-state index is 0.139. The van der Waals surface area contributed by atoms with Gasteiger partial charge in [-0.3, -0.25) is 0 Å². The maximum absolute atomic E-state index is 9.85. The Morgan fingerprint density at radius 3 is 2.31 bits per heavy atom. The fourth-order valence-corrected chi connectivity index (χ4v) is 1.23. The van der Waals surface area contributed by atoms with Crippen LogP contribution in [0.4, 0.5) is 0 Å². The molecule has 90 valence electrons. The summed E-state index contributed by atoms with van der Waals surface area (Å²) in [6.07, 6.45) is -0.450. The molecule has 1 rings (SSSR count). The Kier molecular flexibility index (Phi) is 3.98. The molecule has 0 heterocycles. The summed E-state index contributed by atoms with van der Waals surface area (Å²) in [6, 6.07) is 5.98. The van der Waals surface area contributed by atoms with E-state index >= 15 is 0 Å². The van der Waals surface area contributed by atoms with E-state index in [1.165, 1.54) is 11.1 Å². The van der Waals surface area contributed by atoms with Gasteiger partial charge in [-0.25, -0.2) is 0 Å². The molecule has 0 fully saturated rings. The van der Waals surface area contributed by atoms with Gasteiger partial charge < -0.3 is 9.84 Å². The largest absolute Gasteiger partial charge is 0.491 e. The van der Waals surface area contributed by atoms with Crippen LogP contribution in [0, 0.1) is 19.3 Å². The molecule has 0 amide bonds. The van der Waals surface area contributed by atoms with Gasteiger partial charge in [0.05, 0.1) is 6.10 Å². The smallest absolute Gasteiger partial charge is 0.119 e. The van der Waals surface area contributed by atoms with E-state index in [0.29, 0.717) is 6.61 Å². The van der Waals surface area contributed by atoms with Crippen molar-refractivity contribution in [2.75, 3.05) is 6.61 Å². The van der Waals surface area contributed by atoms with Crippen molar-refractivity contribution in [1.82, 2.24) is 0 Å². The van der Waals surface area contributed by atoms with Crippen molar-refractivity contribution in [3.05, 3.63) is 29.3 Å². The van der Waals surface area contributed by atoms with Gasteiger partial charge >= 0.3 is 0 Å². The number of ether oxygens (including phenoxy) is 1. The van der Waals surface area contributed by atoms with Gasteiger partial charge in [0.1, 0.15) is 12.4 Å². The summed E-state index contributed by atoms with van der Waals surface area (Å²) >= 11 is 0. The minimum atomic E-state index is -0.450. The van der Waals surface area contributed by atoms with Gasteiger partial charge in [-0.1, -0.05) is 26.8 Å².